The Kier molecular flexibility index (Phi) is 3.42. The number of H-pyrrole nitrogens is 1. The lowest BCUT2D eigenvalue weighted by molar-refractivity contribution is 0.951. The van der Waals surface area contributed by atoms with Crippen molar-refractivity contribution in [2.45, 2.75) is 16.7 Å². The first kappa shape index (κ1) is 14.6. The van der Waals surface area contributed by atoms with Gasteiger partial charge < -0.3 is 11.5 Å². The van der Waals surface area contributed by atoms with Gasteiger partial charge in [-0.15, -0.1) is 0 Å². The number of aryl methyl sites for hydroxylation is 1. The van der Waals surface area contributed by atoms with E-state index in [4.69, 9.17) is 11.5 Å². The molecule has 0 atom stereocenters. The van der Waals surface area contributed by atoms with Gasteiger partial charge in [0.25, 0.3) is 0 Å². The normalized spacial score (nSPS) is 11.2. The fourth-order valence-corrected chi connectivity index (χ4v) is 3.73. The second-order valence-electron chi connectivity index (χ2n) is 5.53. The van der Waals surface area contributed by atoms with Gasteiger partial charge in [-0.1, -0.05) is 23.9 Å². The Labute approximate surface area is 142 Å². The van der Waals surface area contributed by atoms with Crippen molar-refractivity contribution in [2.75, 3.05) is 11.5 Å². The highest BCUT2D eigenvalue weighted by atomic mass is 32.2. The summed E-state index contributed by atoms with van der Waals surface area (Å²) in [6, 6.07) is 9.89. The van der Waals surface area contributed by atoms with Crippen molar-refractivity contribution in [3.63, 3.8) is 0 Å². The number of aromatic amines is 1. The molecule has 4 rings (SSSR count). The van der Waals surface area contributed by atoms with Gasteiger partial charge in [0.2, 0.25) is 0 Å². The number of nitrogens with one attached hydrogen (secondary N) is 1. The van der Waals surface area contributed by atoms with E-state index < -0.39 is 0 Å². The maximum Gasteiger partial charge on any atom is 0.103 e. The first-order valence-corrected chi connectivity index (χ1v) is 8.24. The standard InChI is InChI=1S/C17H16N6S/c1-10-12(7-20-22-10)11-6-16(17-14(19)8-21-23(17)9-11)24-15-5-3-2-4-13(15)18/h2-9H,18-19H2,1H3,(H,20,22). The Hall–Kier alpha value is -2.93. The Balaban J connectivity index is 1.91. The largest absolute Gasteiger partial charge is 0.398 e. The Morgan fingerprint density at radius 3 is 2.67 bits per heavy atom. The van der Waals surface area contributed by atoms with Crippen LogP contribution in [0.15, 0.2) is 58.7 Å². The van der Waals surface area contributed by atoms with Gasteiger partial charge >= 0.3 is 0 Å². The molecule has 1 aromatic carbocycles. The number of rotatable bonds is 3. The molecular weight excluding hydrogens is 320 g/mol. The summed E-state index contributed by atoms with van der Waals surface area (Å²) in [5.41, 5.74) is 17.5. The third-order valence-corrected chi connectivity index (χ3v) is 5.01. The fraction of sp³-hybridized carbons (Fsp3) is 0.0588. The van der Waals surface area contributed by atoms with Gasteiger partial charge in [0, 0.05) is 38.5 Å². The number of benzene rings is 1. The number of pyridine rings is 1. The average Bonchev–Trinajstić information content (AvgIpc) is 3.16. The average molecular weight is 336 g/mol. The number of para-hydroxylation sites is 1. The molecule has 7 heteroatoms. The van der Waals surface area contributed by atoms with Crippen molar-refractivity contribution >= 4 is 28.7 Å². The van der Waals surface area contributed by atoms with E-state index in [0.29, 0.717) is 5.69 Å². The van der Waals surface area contributed by atoms with Crippen LogP contribution < -0.4 is 11.5 Å². The zero-order chi connectivity index (χ0) is 16.7. The molecule has 6 nitrogen and oxygen atoms in total. The van der Waals surface area contributed by atoms with Gasteiger partial charge in [0.05, 0.1) is 18.1 Å². The summed E-state index contributed by atoms with van der Waals surface area (Å²) in [4.78, 5) is 1.99. The highest BCUT2D eigenvalue weighted by Crippen LogP contribution is 2.38. The first-order chi connectivity index (χ1) is 11.6. The molecule has 0 saturated heterocycles. The van der Waals surface area contributed by atoms with Crippen LogP contribution >= 0.6 is 11.8 Å². The lowest BCUT2D eigenvalue weighted by Gasteiger charge is -2.10. The molecule has 0 unspecified atom stereocenters. The minimum absolute atomic E-state index is 0.641. The molecule has 4 aromatic rings. The van der Waals surface area contributed by atoms with E-state index in [1.807, 2.05) is 43.6 Å². The van der Waals surface area contributed by atoms with E-state index in [1.165, 1.54) is 0 Å². The number of nitrogens with zero attached hydrogens (tertiary/aromatic N) is 3. The van der Waals surface area contributed by atoms with Crippen molar-refractivity contribution < 1.29 is 0 Å². The van der Waals surface area contributed by atoms with Crippen LogP contribution in [0.2, 0.25) is 0 Å². The number of nitrogens with two attached hydrogens (primary N) is 2. The first-order valence-electron chi connectivity index (χ1n) is 7.43. The van der Waals surface area contributed by atoms with Crippen LogP contribution in [0.1, 0.15) is 5.69 Å². The van der Waals surface area contributed by atoms with E-state index in [-0.39, 0.29) is 0 Å². The highest BCUT2D eigenvalue weighted by Gasteiger charge is 2.14. The third kappa shape index (κ3) is 2.39. The van der Waals surface area contributed by atoms with E-state index in [0.717, 1.165) is 37.8 Å². The minimum Gasteiger partial charge on any atom is -0.398 e. The van der Waals surface area contributed by atoms with E-state index in [9.17, 15) is 0 Å². The summed E-state index contributed by atoms with van der Waals surface area (Å²) < 4.78 is 1.80. The number of fused-ring (bicyclic) bond motifs is 1. The maximum atomic E-state index is 6.12. The van der Waals surface area contributed by atoms with Crippen LogP contribution in [-0.4, -0.2) is 19.8 Å². The molecule has 0 aliphatic rings. The van der Waals surface area contributed by atoms with Crippen molar-refractivity contribution in [1.29, 1.82) is 0 Å². The molecule has 0 spiro atoms. The number of anilines is 2. The second kappa shape index (κ2) is 5.61. The minimum atomic E-state index is 0.641. The molecule has 0 radical (unpaired) electrons. The van der Waals surface area contributed by atoms with Gasteiger partial charge in [-0.3, -0.25) is 5.10 Å². The number of hydrogen-bond acceptors (Lipinski definition) is 5. The van der Waals surface area contributed by atoms with E-state index in [1.54, 1.807) is 22.5 Å². The van der Waals surface area contributed by atoms with Crippen LogP contribution in [0.25, 0.3) is 16.6 Å². The molecule has 24 heavy (non-hydrogen) atoms. The van der Waals surface area contributed by atoms with Crippen molar-refractivity contribution in [2.24, 2.45) is 0 Å². The lowest BCUT2D eigenvalue weighted by Crippen LogP contribution is -1.94. The van der Waals surface area contributed by atoms with Crippen molar-refractivity contribution in [3.05, 3.63) is 54.6 Å². The van der Waals surface area contributed by atoms with Gasteiger partial charge in [-0.2, -0.15) is 10.2 Å². The molecule has 0 aliphatic carbocycles. The van der Waals surface area contributed by atoms with E-state index in [2.05, 4.69) is 21.4 Å². The number of nitrogen functional groups attached to an aromatic ring is 2. The van der Waals surface area contributed by atoms with Crippen LogP contribution in [0.4, 0.5) is 11.4 Å². The number of aromatic nitrogens is 4. The lowest BCUT2D eigenvalue weighted by atomic mass is 10.1. The van der Waals surface area contributed by atoms with Crippen LogP contribution in [0.5, 0.6) is 0 Å². The zero-order valence-corrected chi connectivity index (χ0v) is 13.8. The van der Waals surface area contributed by atoms with E-state index >= 15 is 0 Å². The van der Waals surface area contributed by atoms with Crippen molar-refractivity contribution in [3.8, 4) is 11.1 Å². The molecule has 0 amide bonds. The van der Waals surface area contributed by atoms with Gasteiger partial charge in [-0.25, -0.2) is 4.52 Å². The molecule has 0 aliphatic heterocycles. The molecule has 0 bridgehead atoms. The molecule has 3 aromatic heterocycles. The molecule has 120 valence electrons. The molecule has 0 saturated carbocycles. The molecule has 0 fully saturated rings. The highest BCUT2D eigenvalue weighted by molar-refractivity contribution is 7.99. The van der Waals surface area contributed by atoms with Gasteiger partial charge in [0.1, 0.15) is 5.52 Å². The Morgan fingerprint density at radius 1 is 1.08 bits per heavy atom. The predicted molar refractivity (Wildman–Crippen MR) is 96.9 cm³/mol. The quantitative estimate of drug-likeness (QED) is 0.498. The molecular formula is C17H16N6S. The number of hydrogen-bond donors (Lipinski definition) is 3. The maximum absolute atomic E-state index is 6.12. The SMILES string of the molecule is Cc1[nH]ncc1-c1cc(Sc2ccccc2N)c2c(N)cnn2c1. The van der Waals surface area contributed by atoms with Crippen molar-refractivity contribution in [1.82, 2.24) is 19.8 Å². The molecule has 5 N–H and O–H groups in total. The molecule has 3 heterocycles. The summed E-state index contributed by atoms with van der Waals surface area (Å²) in [7, 11) is 0. The Bertz CT molecular complexity index is 1030. The van der Waals surface area contributed by atoms with Gasteiger partial charge in [-0.05, 0) is 25.1 Å². The summed E-state index contributed by atoms with van der Waals surface area (Å²) in [5, 5.41) is 11.4. The Morgan fingerprint density at radius 2 is 1.92 bits per heavy atom. The monoisotopic (exact) mass is 336 g/mol. The van der Waals surface area contributed by atoms with Crippen LogP contribution in [0.3, 0.4) is 0 Å². The van der Waals surface area contributed by atoms with Gasteiger partial charge in [0.15, 0.2) is 0 Å². The van der Waals surface area contributed by atoms with Crippen LogP contribution in [-0.2, 0) is 0 Å². The predicted octanol–water partition coefficient (Wildman–Crippen LogP) is 3.35. The summed E-state index contributed by atoms with van der Waals surface area (Å²) in [6.07, 6.45) is 5.44. The van der Waals surface area contributed by atoms with Crippen LogP contribution in [0, 0.1) is 6.92 Å². The summed E-state index contributed by atoms with van der Waals surface area (Å²) in [6.45, 7) is 1.99. The summed E-state index contributed by atoms with van der Waals surface area (Å²) in [5.74, 6) is 0. The fourth-order valence-electron chi connectivity index (χ4n) is 2.67. The third-order valence-electron chi connectivity index (χ3n) is 3.88. The smallest absolute Gasteiger partial charge is 0.103 e. The topological polar surface area (TPSA) is 98.0 Å². The second-order valence-corrected chi connectivity index (χ2v) is 6.62. The summed E-state index contributed by atoms with van der Waals surface area (Å²) >= 11 is 1.58. The zero-order valence-electron chi connectivity index (χ0n) is 13.0.